The number of rotatable bonds is 2. The van der Waals surface area contributed by atoms with Gasteiger partial charge in [0.1, 0.15) is 0 Å². The Morgan fingerprint density at radius 2 is 2.24 bits per heavy atom. The normalized spacial score (nSPS) is 15.1. The highest BCUT2D eigenvalue weighted by atomic mass is 32.1. The average molecular weight is 303 g/mol. The number of nitro benzene ring substituents is 1. The summed E-state index contributed by atoms with van der Waals surface area (Å²) in [4.78, 5) is 28.1. The number of fused-ring (bicyclic) bond motifs is 1. The molecule has 2 aromatic rings. The molecule has 8 heteroatoms. The van der Waals surface area contributed by atoms with Crippen molar-refractivity contribution in [1.29, 1.82) is 0 Å². The van der Waals surface area contributed by atoms with E-state index >= 15 is 0 Å². The minimum Gasteiger partial charge on any atom is -0.493 e. The van der Waals surface area contributed by atoms with Crippen LogP contribution in [0.1, 0.15) is 17.4 Å². The van der Waals surface area contributed by atoms with Crippen LogP contribution in [-0.4, -0.2) is 20.7 Å². The zero-order chi connectivity index (χ0) is 15.1. The van der Waals surface area contributed by atoms with Gasteiger partial charge < -0.3 is 5.11 Å². The van der Waals surface area contributed by atoms with E-state index in [0.717, 1.165) is 22.5 Å². The number of thiazole rings is 1. The maximum absolute atomic E-state index is 11.2. The van der Waals surface area contributed by atoms with E-state index in [0.29, 0.717) is 16.3 Å². The molecular weight excluding hydrogens is 294 g/mol. The molecule has 3 rings (SSSR count). The summed E-state index contributed by atoms with van der Waals surface area (Å²) in [7, 11) is 0. The lowest BCUT2D eigenvalue weighted by atomic mass is 10.0. The lowest BCUT2D eigenvalue weighted by molar-refractivity contribution is -0.384. The number of hydrogen-bond donors (Lipinski definition) is 2. The first-order valence-corrected chi connectivity index (χ1v) is 6.75. The largest absolute Gasteiger partial charge is 0.493 e. The number of aromatic hydroxyl groups is 1. The van der Waals surface area contributed by atoms with E-state index in [4.69, 9.17) is 0 Å². The van der Waals surface area contributed by atoms with Crippen molar-refractivity contribution in [2.45, 2.75) is 6.92 Å². The number of hydrogen-bond acceptors (Lipinski definition) is 6. The van der Waals surface area contributed by atoms with Crippen molar-refractivity contribution in [3.8, 4) is 5.88 Å². The number of benzene rings is 1. The van der Waals surface area contributed by atoms with Crippen LogP contribution in [0.25, 0.3) is 11.6 Å². The molecule has 2 N–H and O–H groups in total. The van der Waals surface area contributed by atoms with E-state index < -0.39 is 4.92 Å². The Hall–Kier alpha value is -2.74. The van der Waals surface area contributed by atoms with Crippen LogP contribution in [0.15, 0.2) is 28.0 Å². The summed E-state index contributed by atoms with van der Waals surface area (Å²) in [6.45, 7) is 1.77. The highest BCUT2D eigenvalue weighted by Crippen LogP contribution is 2.39. The third kappa shape index (κ3) is 2.25. The average Bonchev–Trinajstić information content (AvgIpc) is 2.89. The second-order valence-corrected chi connectivity index (χ2v) is 5.46. The van der Waals surface area contributed by atoms with Crippen LogP contribution < -0.4 is 4.87 Å². The van der Waals surface area contributed by atoms with Gasteiger partial charge in [0.15, 0.2) is 0 Å². The van der Waals surface area contributed by atoms with Gasteiger partial charge in [0.25, 0.3) is 5.69 Å². The number of aromatic nitrogens is 1. The van der Waals surface area contributed by atoms with Gasteiger partial charge in [0.05, 0.1) is 15.5 Å². The molecule has 1 aliphatic rings. The van der Waals surface area contributed by atoms with Gasteiger partial charge in [0, 0.05) is 29.0 Å². The van der Waals surface area contributed by atoms with Gasteiger partial charge in [-0.05, 0) is 19.1 Å². The second-order valence-electron chi connectivity index (χ2n) is 4.44. The summed E-state index contributed by atoms with van der Waals surface area (Å²) in [6, 6.07) is 4.42. The van der Waals surface area contributed by atoms with E-state index in [-0.39, 0.29) is 16.4 Å². The first-order chi connectivity index (χ1) is 9.95. The fourth-order valence-corrected chi connectivity index (χ4v) is 2.80. The van der Waals surface area contributed by atoms with Gasteiger partial charge in [-0.2, -0.15) is 0 Å². The fraction of sp³-hybridized carbons (Fsp3) is 0.0769. The molecule has 0 saturated carbocycles. The van der Waals surface area contributed by atoms with E-state index in [9.17, 15) is 20.0 Å². The Morgan fingerprint density at radius 3 is 2.86 bits per heavy atom. The van der Waals surface area contributed by atoms with Crippen molar-refractivity contribution in [1.82, 2.24) is 4.98 Å². The van der Waals surface area contributed by atoms with Crippen LogP contribution in [0, 0.1) is 10.1 Å². The third-order valence-electron chi connectivity index (χ3n) is 3.09. The molecule has 106 valence electrons. The van der Waals surface area contributed by atoms with E-state index in [1.54, 1.807) is 19.1 Å². The fourth-order valence-electron chi connectivity index (χ4n) is 2.13. The predicted molar refractivity (Wildman–Crippen MR) is 80.3 cm³/mol. The Morgan fingerprint density at radius 1 is 1.48 bits per heavy atom. The van der Waals surface area contributed by atoms with E-state index in [1.165, 1.54) is 12.1 Å². The first kappa shape index (κ1) is 13.3. The molecule has 0 spiro atoms. The lowest BCUT2D eigenvalue weighted by Crippen LogP contribution is -1.90. The molecule has 1 aliphatic heterocycles. The van der Waals surface area contributed by atoms with Gasteiger partial charge in [-0.15, -0.1) is 0 Å². The molecule has 1 aromatic heterocycles. The summed E-state index contributed by atoms with van der Waals surface area (Å²) >= 11 is 0.885. The van der Waals surface area contributed by atoms with E-state index in [2.05, 4.69) is 9.98 Å². The van der Waals surface area contributed by atoms with Crippen molar-refractivity contribution >= 4 is 40.1 Å². The number of non-ortho nitro benzene ring substituents is 1. The van der Waals surface area contributed by atoms with Gasteiger partial charge in [-0.3, -0.25) is 24.9 Å². The summed E-state index contributed by atoms with van der Waals surface area (Å²) < 4.78 is 0. The Kier molecular flexibility index (Phi) is 2.95. The molecule has 0 atom stereocenters. The zero-order valence-electron chi connectivity index (χ0n) is 10.8. The maximum atomic E-state index is 11.2. The molecule has 21 heavy (non-hydrogen) atoms. The second kappa shape index (κ2) is 4.67. The zero-order valence-corrected chi connectivity index (χ0v) is 11.6. The summed E-state index contributed by atoms with van der Waals surface area (Å²) in [5.74, 6) is -0.194. The molecule has 0 amide bonds. The van der Waals surface area contributed by atoms with Crippen molar-refractivity contribution in [3.05, 3.63) is 48.4 Å². The maximum Gasteiger partial charge on any atom is 0.307 e. The Bertz CT molecular complexity index is 876. The van der Waals surface area contributed by atoms with Crippen LogP contribution in [0.5, 0.6) is 5.88 Å². The smallest absolute Gasteiger partial charge is 0.307 e. The molecule has 0 unspecified atom stereocenters. The molecule has 0 fully saturated rings. The monoisotopic (exact) mass is 303 g/mol. The van der Waals surface area contributed by atoms with Crippen molar-refractivity contribution in [3.63, 3.8) is 0 Å². The van der Waals surface area contributed by atoms with Gasteiger partial charge in [-0.1, -0.05) is 11.3 Å². The molecule has 2 heterocycles. The van der Waals surface area contributed by atoms with Crippen molar-refractivity contribution in [2.75, 3.05) is 0 Å². The topological polar surface area (TPSA) is 109 Å². The number of allylic oxidation sites excluding steroid dienone is 1. The quantitative estimate of drug-likeness (QED) is 0.656. The minimum absolute atomic E-state index is 0.0271. The number of aliphatic imine (C=N–C) groups is 1. The highest BCUT2D eigenvalue weighted by molar-refractivity contribution is 7.10. The summed E-state index contributed by atoms with van der Waals surface area (Å²) in [5.41, 5.74) is 2.62. The highest BCUT2D eigenvalue weighted by Gasteiger charge is 2.21. The van der Waals surface area contributed by atoms with Gasteiger partial charge in [-0.25, -0.2) is 0 Å². The van der Waals surface area contributed by atoms with Crippen LogP contribution in [-0.2, 0) is 0 Å². The summed E-state index contributed by atoms with van der Waals surface area (Å²) in [6.07, 6.45) is 1.65. The van der Waals surface area contributed by atoms with Crippen LogP contribution in [0.4, 0.5) is 11.4 Å². The minimum atomic E-state index is -0.476. The molecule has 0 aliphatic carbocycles. The number of nitro groups is 1. The van der Waals surface area contributed by atoms with Gasteiger partial charge >= 0.3 is 4.87 Å². The standard InChI is InChI=1S/C13H9N3O4S/c1-6-9(5-11-12(17)15-13(18)21-11)8-3-2-7(16(19)20)4-10(8)14-6/h2-5,17H,1H3,(H,15,18)/b9-5+. The SMILES string of the molecule is CC1=Nc2cc([N+](=O)[O-])ccc2/C1=C/c1sc(=O)[nH]c1O. The lowest BCUT2D eigenvalue weighted by Gasteiger charge is -2.01. The van der Waals surface area contributed by atoms with Crippen LogP contribution in [0.2, 0.25) is 0 Å². The Balaban J connectivity index is 2.12. The van der Waals surface area contributed by atoms with Crippen LogP contribution in [0.3, 0.4) is 0 Å². The molecule has 0 bridgehead atoms. The van der Waals surface area contributed by atoms with Crippen LogP contribution >= 0.6 is 11.3 Å². The molecule has 0 saturated heterocycles. The molecule has 1 aromatic carbocycles. The molecule has 0 radical (unpaired) electrons. The van der Waals surface area contributed by atoms with E-state index in [1.807, 2.05) is 0 Å². The first-order valence-electron chi connectivity index (χ1n) is 5.94. The molecule has 7 nitrogen and oxygen atoms in total. The third-order valence-corrected chi connectivity index (χ3v) is 3.91. The molecular formula is C13H9N3O4S. The van der Waals surface area contributed by atoms with Crippen molar-refractivity contribution < 1.29 is 10.0 Å². The Labute approximate surface area is 122 Å². The number of H-pyrrole nitrogens is 1. The van der Waals surface area contributed by atoms with Gasteiger partial charge in [0.2, 0.25) is 5.88 Å². The number of nitrogens with one attached hydrogen (secondary N) is 1. The predicted octanol–water partition coefficient (Wildman–Crippen LogP) is 2.70. The van der Waals surface area contributed by atoms with Crippen molar-refractivity contribution in [2.24, 2.45) is 4.99 Å². The number of nitrogens with zero attached hydrogens (tertiary/aromatic N) is 2. The summed E-state index contributed by atoms with van der Waals surface area (Å²) in [5, 5.41) is 20.4. The number of aromatic amines is 1.